The largest absolute Gasteiger partial charge is 0.279 e. The van der Waals surface area contributed by atoms with Gasteiger partial charge in [-0.25, -0.2) is 8.42 Å². The summed E-state index contributed by atoms with van der Waals surface area (Å²) in [4.78, 5) is 0.182. The number of nitrogens with zero attached hydrogens (tertiary/aromatic N) is 2. The molecule has 2 aromatic rings. The van der Waals surface area contributed by atoms with Crippen LogP contribution in [-0.4, -0.2) is 18.2 Å². The molecule has 1 aromatic heterocycles. The fourth-order valence-corrected chi connectivity index (χ4v) is 3.22. The number of rotatable bonds is 5. The van der Waals surface area contributed by atoms with Gasteiger partial charge in [0.05, 0.1) is 11.9 Å². The van der Waals surface area contributed by atoms with Crippen molar-refractivity contribution < 1.29 is 8.42 Å². The van der Waals surface area contributed by atoms with Gasteiger partial charge in [0.2, 0.25) is 0 Å². The van der Waals surface area contributed by atoms with Crippen molar-refractivity contribution in [1.29, 1.82) is 0 Å². The highest BCUT2D eigenvalue weighted by atomic mass is 32.2. The lowest BCUT2D eigenvalue weighted by molar-refractivity contribution is 0.531. The van der Waals surface area contributed by atoms with Gasteiger partial charge in [-0.1, -0.05) is 25.1 Å². The van der Waals surface area contributed by atoms with Crippen LogP contribution in [0.25, 0.3) is 0 Å². The van der Waals surface area contributed by atoms with E-state index >= 15 is 0 Å². The molecule has 0 amide bonds. The van der Waals surface area contributed by atoms with E-state index in [2.05, 4.69) is 9.82 Å². The van der Waals surface area contributed by atoms with Crippen molar-refractivity contribution in [2.45, 2.75) is 45.1 Å². The molecule has 114 valence electrons. The fourth-order valence-electron chi connectivity index (χ4n) is 2.10. The highest BCUT2D eigenvalue weighted by molar-refractivity contribution is 7.92. The number of hydrogen-bond donors (Lipinski definition) is 1. The molecule has 0 bridgehead atoms. The van der Waals surface area contributed by atoms with E-state index in [1.807, 2.05) is 45.9 Å². The van der Waals surface area contributed by atoms with Gasteiger partial charge >= 0.3 is 0 Å². The highest BCUT2D eigenvalue weighted by Crippen LogP contribution is 2.24. The molecule has 0 aliphatic rings. The van der Waals surface area contributed by atoms with E-state index in [1.54, 1.807) is 10.9 Å². The van der Waals surface area contributed by atoms with E-state index in [9.17, 15) is 8.42 Å². The van der Waals surface area contributed by atoms with E-state index in [1.165, 1.54) is 6.20 Å². The van der Waals surface area contributed by atoms with Gasteiger partial charge < -0.3 is 0 Å². The van der Waals surface area contributed by atoms with Crippen molar-refractivity contribution in [2.24, 2.45) is 0 Å². The van der Waals surface area contributed by atoms with Crippen LogP contribution in [0.2, 0.25) is 0 Å². The van der Waals surface area contributed by atoms with Crippen molar-refractivity contribution >= 4 is 15.7 Å². The number of anilines is 1. The van der Waals surface area contributed by atoms with Crippen LogP contribution in [0.1, 0.15) is 37.9 Å². The molecule has 2 rings (SSSR count). The molecule has 6 heteroatoms. The minimum absolute atomic E-state index is 0.124. The SMILES string of the molecule is CCc1cccc(C)c1NS(=O)(=O)c1cnn(C(C)C)c1. The standard InChI is InChI=1S/C15H21N3O2S/c1-5-13-8-6-7-12(4)15(13)17-21(19,20)14-9-16-18(10-14)11(2)3/h6-11,17H,5H2,1-4H3. The Bertz CT molecular complexity index is 733. The number of para-hydroxylation sites is 1. The maximum absolute atomic E-state index is 12.5. The first-order valence-electron chi connectivity index (χ1n) is 7.00. The molecule has 0 atom stereocenters. The third kappa shape index (κ3) is 3.26. The van der Waals surface area contributed by atoms with Crippen molar-refractivity contribution in [2.75, 3.05) is 4.72 Å². The Morgan fingerprint density at radius 1 is 1.33 bits per heavy atom. The van der Waals surface area contributed by atoms with Gasteiger partial charge in [0.15, 0.2) is 0 Å². The second kappa shape index (κ2) is 5.89. The average Bonchev–Trinajstić information content (AvgIpc) is 2.91. The van der Waals surface area contributed by atoms with E-state index in [0.717, 1.165) is 17.5 Å². The molecule has 21 heavy (non-hydrogen) atoms. The van der Waals surface area contributed by atoms with Crippen LogP contribution in [0.3, 0.4) is 0 Å². The molecule has 1 heterocycles. The van der Waals surface area contributed by atoms with Crippen LogP contribution in [0.15, 0.2) is 35.5 Å². The Labute approximate surface area is 126 Å². The van der Waals surface area contributed by atoms with Crippen LogP contribution in [0.4, 0.5) is 5.69 Å². The maximum Gasteiger partial charge on any atom is 0.265 e. The monoisotopic (exact) mass is 307 g/mol. The van der Waals surface area contributed by atoms with Gasteiger partial charge in [-0.15, -0.1) is 0 Å². The molecule has 0 spiro atoms. The van der Waals surface area contributed by atoms with E-state index in [4.69, 9.17) is 0 Å². The molecular formula is C15H21N3O2S. The first kappa shape index (κ1) is 15.6. The second-order valence-electron chi connectivity index (χ2n) is 5.32. The molecule has 0 fully saturated rings. The molecule has 0 unspecified atom stereocenters. The predicted octanol–water partition coefficient (Wildman–Crippen LogP) is 3.14. The van der Waals surface area contributed by atoms with Crippen LogP contribution < -0.4 is 4.72 Å². The van der Waals surface area contributed by atoms with Gasteiger partial charge in [0, 0.05) is 12.2 Å². The minimum Gasteiger partial charge on any atom is -0.279 e. The van der Waals surface area contributed by atoms with Crippen LogP contribution >= 0.6 is 0 Å². The zero-order chi connectivity index (χ0) is 15.6. The van der Waals surface area contributed by atoms with E-state index < -0.39 is 10.0 Å². The third-order valence-electron chi connectivity index (χ3n) is 3.39. The Kier molecular flexibility index (Phi) is 4.37. The summed E-state index contributed by atoms with van der Waals surface area (Å²) in [7, 11) is -3.61. The normalized spacial score (nSPS) is 11.9. The Hall–Kier alpha value is -1.82. The van der Waals surface area contributed by atoms with Gasteiger partial charge in [-0.2, -0.15) is 5.10 Å². The van der Waals surface area contributed by atoms with Crippen LogP contribution in [-0.2, 0) is 16.4 Å². The Balaban J connectivity index is 2.37. The summed E-state index contributed by atoms with van der Waals surface area (Å²) in [5.41, 5.74) is 2.56. The Morgan fingerprint density at radius 2 is 2.05 bits per heavy atom. The van der Waals surface area contributed by atoms with E-state index in [-0.39, 0.29) is 10.9 Å². The number of benzene rings is 1. The zero-order valence-corrected chi connectivity index (χ0v) is 13.6. The van der Waals surface area contributed by atoms with Gasteiger partial charge in [-0.05, 0) is 38.3 Å². The maximum atomic E-state index is 12.5. The van der Waals surface area contributed by atoms with Gasteiger partial charge in [0.1, 0.15) is 4.90 Å². The van der Waals surface area contributed by atoms with Crippen molar-refractivity contribution in [3.63, 3.8) is 0 Å². The highest BCUT2D eigenvalue weighted by Gasteiger charge is 2.19. The summed E-state index contributed by atoms with van der Waals surface area (Å²) in [6, 6.07) is 5.89. The third-order valence-corrected chi connectivity index (χ3v) is 4.70. The zero-order valence-electron chi connectivity index (χ0n) is 12.8. The number of nitrogens with one attached hydrogen (secondary N) is 1. The molecule has 0 aliphatic heterocycles. The quantitative estimate of drug-likeness (QED) is 0.923. The lowest BCUT2D eigenvalue weighted by Gasteiger charge is -2.13. The lowest BCUT2D eigenvalue weighted by atomic mass is 10.1. The summed E-state index contributed by atoms with van der Waals surface area (Å²) in [6.07, 6.45) is 3.70. The van der Waals surface area contributed by atoms with Crippen LogP contribution in [0, 0.1) is 6.92 Å². The van der Waals surface area contributed by atoms with Crippen LogP contribution in [0.5, 0.6) is 0 Å². The summed E-state index contributed by atoms with van der Waals surface area (Å²) in [5.74, 6) is 0. The molecule has 0 aliphatic carbocycles. The summed E-state index contributed by atoms with van der Waals surface area (Å²) >= 11 is 0. The molecular weight excluding hydrogens is 286 g/mol. The first-order chi connectivity index (χ1) is 9.85. The van der Waals surface area contributed by atoms with Gasteiger partial charge in [-0.3, -0.25) is 9.40 Å². The average molecular weight is 307 g/mol. The van der Waals surface area contributed by atoms with Gasteiger partial charge in [0.25, 0.3) is 10.0 Å². The minimum atomic E-state index is -3.61. The number of hydrogen-bond acceptors (Lipinski definition) is 3. The Morgan fingerprint density at radius 3 is 2.62 bits per heavy atom. The molecule has 1 N–H and O–H groups in total. The molecule has 1 aromatic carbocycles. The second-order valence-corrected chi connectivity index (χ2v) is 7.00. The topological polar surface area (TPSA) is 64.0 Å². The number of aryl methyl sites for hydroxylation is 2. The fraction of sp³-hybridized carbons (Fsp3) is 0.400. The lowest BCUT2D eigenvalue weighted by Crippen LogP contribution is -2.14. The van der Waals surface area contributed by atoms with Crippen molar-refractivity contribution in [3.8, 4) is 0 Å². The predicted molar refractivity (Wildman–Crippen MR) is 84.0 cm³/mol. The molecule has 5 nitrogen and oxygen atoms in total. The first-order valence-corrected chi connectivity index (χ1v) is 8.49. The molecule has 0 radical (unpaired) electrons. The number of aromatic nitrogens is 2. The smallest absolute Gasteiger partial charge is 0.265 e. The molecule has 0 saturated carbocycles. The molecule has 0 saturated heterocycles. The summed E-state index contributed by atoms with van der Waals surface area (Å²) < 4.78 is 29.3. The van der Waals surface area contributed by atoms with E-state index in [0.29, 0.717) is 5.69 Å². The summed E-state index contributed by atoms with van der Waals surface area (Å²) in [6.45, 7) is 7.80. The van der Waals surface area contributed by atoms with Crippen molar-refractivity contribution in [3.05, 3.63) is 41.7 Å². The number of sulfonamides is 1. The van der Waals surface area contributed by atoms with Crippen molar-refractivity contribution in [1.82, 2.24) is 9.78 Å². The summed E-state index contributed by atoms with van der Waals surface area (Å²) in [5, 5.41) is 4.09.